The lowest BCUT2D eigenvalue weighted by atomic mass is 10.1. The van der Waals surface area contributed by atoms with Crippen molar-refractivity contribution < 1.29 is 14.3 Å². The Kier molecular flexibility index (Phi) is 5.73. The largest absolute Gasteiger partial charge is 0.494 e. The molecule has 3 rings (SSSR count). The Labute approximate surface area is 153 Å². The molecule has 2 aromatic carbocycles. The molecule has 0 bridgehead atoms. The van der Waals surface area contributed by atoms with Gasteiger partial charge in [0.1, 0.15) is 5.75 Å². The molecular formula is C20H23N3O3. The monoisotopic (exact) mass is 353 g/mol. The third-order valence-electron chi connectivity index (χ3n) is 4.25. The number of nitrogens with one attached hydrogen (secondary N) is 2. The second-order valence-corrected chi connectivity index (χ2v) is 6.20. The molecule has 6 heteroatoms. The molecule has 1 saturated heterocycles. The van der Waals surface area contributed by atoms with Crippen molar-refractivity contribution >= 4 is 23.3 Å². The van der Waals surface area contributed by atoms with Crippen molar-refractivity contribution in [2.75, 3.05) is 29.9 Å². The predicted molar refractivity (Wildman–Crippen MR) is 102 cm³/mol. The molecule has 3 amide bonds. The van der Waals surface area contributed by atoms with Gasteiger partial charge in [-0.3, -0.25) is 4.79 Å². The molecule has 1 aliphatic heterocycles. The van der Waals surface area contributed by atoms with Crippen LogP contribution in [-0.2, 0) is 4.79 Å². The van der Waals surface area contributed by atoms with Gasteiger partial charge in [0, 0.05) is 36.8 Å². The Morgan fingerprint density at radius 2 is 1.88 bits per heavy atom. The molecule has 136 valence electrons. The molecule has 1 fully saturated rings. The molecule has 0 saturated carbocycles. The van der Waals surface area contributed by atoms with Crippen LogP contribution in [0.5, 0.6) is 5.75 Å². The summed E-state index contributed by atoms with van der Waals surface area (Å²) in [6.07, 6.45) is 0.429. The van der Waals surface area contributed by atoms with Crippen LogP contribution in [0.25, 0.3) is 0 Å². The zero-order valence-corrected chi connectivity index (χ0v) is 14.8. The summed E-state index contributed by atoms with van der Waals surface area (Å²) in [6, 6.07) is 16.5. The molecule has 2 aromatic rings. The Morgan fingerprint density at radius 1 is 1.15 bits per heavy atom. The Balaban J connectivity index is 1.50. The van der Waals surface area contributed by atoms with Crippen LogP contribution in [0.15, 0.2) is 54.6 Å². The van der Waals surface area contributed by atoms with Crippen molar-refractivity contribution in [3.8, 4) is 5.75 Å². The van der Waals surface area contributed by atoms with E-state index in [0.717, 1.165) is 17.1 Å². The summed E-state index contributed by atoms with van der Waals surface area (Å²) in [6.45, 7) is 3.60. The number of anilines is 2. The number of benzene rings is 2. The molecule has 1 atom stereocenters. The average molecular weight is 353 g/mol. The van der Waals surface area contributed by atoms with E-state index < -0.39 is 0 Å². The molecule has 0 aromatic heterocycles. The summed E-state index contributed by atoms with van der Waals surface area (Å²) in [7, 11) is 0. The summed E-state index contributed by atoms with van der Waals surface area (Å²) < 4.78 is 5.43. The second-order valence-electron chi connectivity index (χ2n) is 6.20. The highest BCUT2D eigenvalue weighted by Gasteiger charge is 2.30. The van der Waals surface area contributed by atoms with Crippen LogP contribution in [0.3, 0.4) is 0 Å². The van der Waals surface area contributed by atoms with E-state index in [1.54, 1.807) is 4.90 Å². The number of nitrogens with zero attached hydrogens (tertiary/aromatic N) is 1. The molecule has 1 heterocycles. The van der Waals surface area contributed by atoms with E-state index in [4.69, 9.17) is 4.74 Å². The zero-order chi connectivity index (χ0) is 18.4. The third-order valence-corrected chi connectivity index (χ3v) is 4.25. The maximum atomic E-state index is 12.3. The van der Waals surface area contributed by atoms with Gasteiger partial charge in [0.2, 0.25) is 5.91 Å². The van der Waals surface area contributed by atoms with Gasteiger partial charge in [-0.2, -0.15) is 0 Å². The van der Waals surface area contributed by atoms with Gasteiger partial charge in [-0.1, -0.05) is 18.2 Å². The van der Waals surface area contributed by atoms with Crippen molar-refractivity contribution in [1.29, 1.82) is 0 Å². The molecule has 26 heavy (non-hydrogen) atoms. The van der Waals surface area contributed by atoms with Crippen LogP contribution < -0.4 is 20.3 Å². The van der Waals surface area contributed by atoms with E-state index in [1.165, 1.54) is 0 Å². The number of carbonyl (C=O) groups is 2. The van der Waals surface area contributed by atoms with E-state index in [1.807, 2.05) is 61.5 Å². The number of hydrogen-bond acceptors (Lipinski definition) is 3. The average Bonchev–Trinajstić information content (AvgIpc) is 3.03. The molecule has 0 aliphatic carbocycles. The highest BCUT2D eigenvalue weighted by Crippen LogP contribution is 2.26. The first kappa shape index (κ1) is 17.8. The van der Waals surface area contributed by atoms with Crippen LogP contribution >= 0.6 is 0 Å². The maximum Gasteiger partial charge on any atom is 0.319 e. The van der Waals surface area contributed by atoms with Crippen LogP contribution in [0.1, 0.15) is 13.3 Å². The van der Waals surface area contributed by atoms with E-state index >= 15 is 0 Å². The first-order valence-electron chi connectivity index (χ1n) is 8.79. The van der Waals surface area contributed by atoms with Crippen LogP contribution in [0.4, 0.5) is 16.2 Å². The fourth-order valence-corrected chi connectivity index (χ4v) is 2.99. The van der Waals surface area contributed by atoms with E-state index in [9.17, 15) is 9.59 Å². The van der Waals surface area contributed by atoms with Crippen LogP contribution in [0.2, 0.25) is 0 Å². The van der Waals surface area contributed by atoms with Gasteiger partial charge in [0.15, 0.2) is 0 Å². The normalized spacial score (nSPS) is 16.4. The topological polar surface area (TPSA) is 70.7 Å². The minimum absolute atomic E-state index is 0.0735. The number of ether oxygens (including phenoxy) is 1. The Morgan fingerprint density at radius 3 is 2.58 bits per heavy atom. The first-order valence-corrected chi connectivity index (χ1v) is 8.79. The molecule has 1 aliphatic rings. The fourth-order valence-electron chi connectivity index (χ4n) is 2.99. The van der Waals surface area contributed by atoms with Gasteiger partial charge < -0.3 is 20.3 Å². The lowest BCUT2D eigenvalue weighted by Gasteiger charge is -2.17. The molecule has 6 nitrogen and oxygen atoms in total. The summed E-state index contributed by atoms with van der Waals surface area (Å²) in [5.74, 6) is 0.957. The number of rotatable bonds is 6. The second kappa shape index (κ2) is 8.38. The van der Waals surface area contributed by atoms with Crippen LogP contribution in [0, 0.1) is 5.92 Å². The molecular weight excluding hydrogens is 330 g/mol. The summed E-state index contributed by atoms with van der Waals surface area (Å²) in [5, 5.41) is 5.62. The lowest BCUT2D eigenvalue weighted by Crippen LogP contribution is -2.34. The zero-order valence-electron chi connectivity index (χ0n) is 14.8. The lowest BCUT2D eigenvalue weighted by molar-refractivity contribution is -0.117. The highest BCUT2D eigenvalue weighted by atomic mass is 16.5. The molecule has 2 N–H and O–H groups in total. The summed E-state index contributed by atoms with van der Waals surface area (Å²) in [4.78, 5) is 26.0. The van der Waals surface area contributed by atoms with Crippen molar-refractivity contribution in [2.24, 2.45) is 5.92 Å². The van der Waals surface area contributed by atoms with Gasteiger partial charge in [0.05, 0.1) is 6.61 Å². The Bertz CT molecular complexity index is 747. The first-order chi connectivity index (χ1) is 12.7. The van der Waals surface area contributed by atoms with Gasteiger partial charge in [-0.05, 0) is 43.3 Å². The number of hydrogen-bond donors (Lipinski definition) is 2. The fraction of sp³-hybridized carbons (Fsp3) is 0.300. The van der Waals surface area contributed by atoms with Crippen molar-refractivity contribution in [3.05, 3.63) is 54.6 Å². The number of amides is 3. The van der Waals surface area contributed by atoms with Gasteiger partial charge in [0.25, 0.3) is 0 Å². The van der Waals surface area contributed by atoms with Gasteiger partial charge >= 0.3 is 6.03 Å². The van der Waals surface area contributed by atoms with Crippen LogP contribution in [-0.4, -0.2) is 31.6 Å². The number of urea groups is 1. The number of para-hydroxylation sites is 1. The maximum absolute atomic E-state index is 12.3. The van der Waals surface area contributed by atoms with Gasteiger partial charge in [-0.25, -0.2) is 4.79 Å². The predicted octanol–water partition coefficient (Wildman–Crippen LogP) is 3.26. The Hall–Kier alpha value is -3.02. The van der Waals surface area contributed by atoms with E-state index in [2.05, 4.69) is 10.6 Å². The minimum atomic E-state index is -0.261. The molecule has 0 radical (unpaired) electrons. The van der Waals surface area contributed by atoms with E-state index in [0.29, 0.717) is 26.1 Å². The van der Waals surface area contributed by atoms with Crippen molar-refractivity contribution in [1.82, 2.24) is 5.32 Å². The third kappa shape index (κ3) is 4.53. The summed E-state index contributed by atoms with van der Waals surface area (Å²) >= 11 is 0. The highest BCUT2D eigenvalue weighted by molar-refractivity contribution is 5.96. The van der Waals surface area contributed by atoms with Crippen molar-refractivity contribution in [2.45, 2.75) is 13.3 Å². The SMILES string of the molecule is CCOc1ccc(N2CC(CNC(=O)Nc3ccccc3)CC2=O)cc1. The standard InChI is InChI=1S/C20H23N3O3/c1-2-26-18-10-8-17(9-11-18)23-14-15(12-19(23)24)13-21-20(25)22-16-6-4-3-5-7-16/h3-11,15H,2,12-14H2,1H3,(H2,21,22,25). The summed E-state index contributed by atoms with van der Waals surface area (Å²) in [5.41, 5.74) is 1.60. The molecule has 1 unspecified atom stereocenters. The van der Waals surface area contributed by atoms with Crippen molar-refractivity contribution in [3.63, 3.8) is 0 Å². The number of carbonyl (C=O) groups excluding carboxylic acids is 2. The minimum Gasteiger partial charge on any atom is -0.494 e. The smallest absolute Gasteiger partial charge is 0.319 e. The quantitative estimate of drug-likeness (QED) is 0.837. The molecule has 0 spiro atoms. The van der Waals surface area contributed by atoms with E-state index in [-0.39, 0.29) is 17.9 Å². The van der Waals surface area contributed by atoms with Gasteiger partial charge in [-0.15, -0.1) is 0 Å².